The summed E-state index contributed by atoms with van der Waals surface area (Å²) >= 11 is 0. The van der Waals surface area contributed by atoms with Gasteiger partial charge in [0, 0.05) is 5.69 Å². The number of aliphatic carboxylic acids is 1. The molecular formula is C13H12F3NO3. The van der Waals surface area contributed by atoms with E-state index in [1.54, 1.807) is 0 Å². The Bertz CT molecular complexity index is 533. The zero-order valence-electron chi connectivity index (χ0n) is 10.3. The van der Waals surface area contributed by atoms with E-state index in [1.807, 2.05) is 0 Å². The maximum atomic E-state index is 12.0. The van der Waals surface area contributed by atoms with E-state index in [0.717, 1.165) is 0 Å². The summed E-state index contributed by atoms with van der Waals surface area (Å²) in [6.07, 6.45) is -5.01. The molecule has 20 heavy (non-hydrogen) atoms. The van der Waals surface area contributed by atoms with E-state index in [4.69, 9.17) is 5.11 Å². The fourth-order valence-electron chi connectivity index (χ4n) is 2.01. The van der Waals surface area contributed by atoms with Gasteiger partial charge in [-0.05, 0) is 30.5 Å². The van der Waals surface area contributed by atoms with Crippen LogP contribution in [0.2, 0.25) is 0 Å². The van der Waals surface area contributed by atoms with Gasteiger partial charge in [0.05, 0.1) is 5.41 Å². The van der Waals surface area contributed by atoms with Gasteiger partial charge in [-0.25, -0.2) is 0 Å². The van der Waals surface area contributed by atoms with Crippen LogP contribution in [0.15, 0.2) is 24.3 Å². The molecule has 0 unspecified atom stereocenters. The number of carbonyl (C=O) groups is 2. The van der Waals surface area contributed by atoms with Gasteiger partial charge in [0.25, 0.3) is 0 Å². The summed E-state index contributed by atoms with van der Waals surface area (Å²) in [4.78, 5) is 22.2. The third-order valence-corrected chi connectivity index (χ3v) is 3.24. The molecule has 0 saturated heterocycles. The van der Waals surface area contributed by atoms with Crippen LogP contribution in [0.25, 0.3) is 0 Å². The smallest absolute Gasteiger partial charge is 0.397 e. The van der Waals surface area contributed by atoms with Crippen molar-refractivity contribution >= 4 is 17.6 Å². The molecule has 0 heterocycles. The first kappa shape index (κ1) is 14.4. The third kappa shape index (κ3) is 3.09. The van der Waals surface area contributed by atoms with Crippen LogP contribution < -0.4 is 5.32 Å². The number of halogens is 3. The normalized spacial score (nSPS) is 16.6. The molecule has 0 atom stereocenters. The van der Waals surface area contributed by atoms with E-state index >= 15 is 0 Å². The van der Waals surface area contributed by atoms with E-state index in [2.05, 4.69) is 5.32 Å². The van der Waals surface area contributed by atoms with Crippen molar-refractivity contribution in [3.05, 3.63) is 29.8 Å². The van der Waals surface area contributed by atoms with Crippen LogP contribution in [0.3, 0.4) is 0 Å². The van der Waals surface area contributed by atoms with Crippen molar-refractivity contribution in [1.29, 1.82) is 0 Å². The van der Waals surface area contributed by atoms with Gasteiger partial charge in [0.1, 0.15) is 6.42 Å². The summed E-state index contributed by atoms with van der Waals surface area (Å²) in [5.74, 6) is -2.06. The van der Waals surface area contributed by atoms with E-state index < -0.39 is 29.9 Å². The third-order valence-electron chi connectivity index (χ3n) is 3.24. The summed E-state index contributed by atoms with van der Waals surface area (Å²) in [7, 11) is 0. The molecule has 1 aromatic carbocycles. The minimum absolute atomic E-state index is 0.212. The zero-order valence-corrected chi connectivity index (χ0v) is 10.3. The number of carboxylic acid groups (broad SMARTS) is 1. The van der Waals surface area contributed by atoms with Crippen LogP contribution in [0.1, 0.15) is 24.8 Å². The second kappa shape index (κ2) is 4.81. The molecule has 0 aliphatic heterocycles. The van der Waals surface area contributed by atoms with Crippen LogP contribution in [-0.2, 0) is 15.0 Å². The quantitative estimate of drug-likeness (QED) is 0.894. The number of benzene rings is 1. The Kier molecular flexibility index (Phi) is 3.45. The molecule has 0 radical (unpaired) electrons. The maximum Gasteiger partial charge on any atom is 0.397 e. The van der Waals surface area contributed by atoms with Gasteiger partial charge in [-0.1, -0.05) is 12.1 Å². The first-order valence-corrected chi connectivity index (χ1v) is 5.93. The highest BCUT2D eigenvalue weighted by Gasteiger charge is 2.51. The molecule has 0 bridgehead atoms. The van der Waals surface area contributed by atoms with Crippen molar-refractivity contribution in [2.75, 3.05) is 5.32 Å². The molecule has 7 heteroatoms. The van der Waals surface area contributed by atoms with Crippen LogP contribution >= 0.6 is 0 Å². The predicted octanol–water partition coefficient (Wildman–Crippen LogP) is 2.69. The Morgan fingerprint density at radius 3 is 2.15 bits per heavy atom. The second-order valence-corrected chi connectivity index (χ2v) is 4.80. The fraction of sp³-hybridized carbons (Fsp3) is 0.385. The number of nitrogens with one attached hydrogen (secondary N) is 1. The van der Waals surface area contributed by atoms with Crippen molar-refractivity contribution in [3.63, 3.8) is 0 Å². The number of carboxylic acids is 1. The highest BCUT2D eigenvalue weighted by Crippen LogP contribution is 2.48. The lowest BCUT2D eigenvalue weighted by Gasteiger charge is -2.12. The van der Waals surface area contributed by atoms with E-state index in [0.29, 0.717) is 18.4 Å². The Morgan fingerprint density at radius 2 is 1.75 bits per heavy atom. The molecule has 2 rings (SSSR count). The molecule has 4 nitrogen and oxygen atoms in total. The Labute approximate surface area is 112 Å². The number of carbonyl (C=O) groups excluding carboxylic acids is 1. The first-order valence-electron chi connectivity index (χ1n) is 5.93. The molecule has 0 aromatic heterocycles. The van der Waals surface area contributed by atoms with Gasteiger partial charge in [-0.3, -0.25) is 9.59 Å². The average Bonchev–Trinajstić information content (AvgIpc) is 3.08. The van der Waals surface area contributed by atoms with Gasteiger partial charge < -0.3 is 10.4 Å². The van der Waals surface area contributed by atoms with Gasteiger partial charge in [-0.2, -0.15) is 13.2 Å². The maximum absolute atomic E-state index is 12.0. The fourth-order valence-corrected chi connectivity index (χ4v) is 2.01. The highest BCUT2D eigenvalue weighted by atomic mass is 19.4. The first-order chi connectivity index (χ1) is 9.23. The summed E-state index contributed by atoms with van der Waals surface area (Å²) in [5.41, 5.74) is -0.0582. The highest BCUT2D eigenvalue weighted by molar-refractivity contribution is 5.91. The zero-order chi connectivity index (χ0) is 15.0. The molecule has 0 spiro atoms. The van der Waals surface area contributed by atoms with Crippen LogP contribution in [0, 0.1) is 0 Å². The number of amides is 1. The number of hydrogen-bond acceptors (Lipinski definition) is 2. The second-order valence-electron chi connectivity index (χ2n) is 4.80. The average molecular weight is 287 g/mol. The monoisotopic (exact) mass is 287 g/mol. The Balaban J connectivity index is 2.03. The SMILES string of the molecule is O=C(CC(F)(F)F)Nc1ccc(C2(C(=O)O)CC2)cc1. The molecule has 1 aliphatic rings. The lowest BCUT2D eigenvalue weighted by molar-refractivity contribution is -0.150. The molecular weight excluding hydrogens is 275 g/mol. The van der Waals surface area contributed by atoms with Crippen molar-refractivity contribution in [2.24, 2.45) is 0 Å². The molecule has 1 fully saturated rings. The number of rotatable bonds is 4. The summed E-state index contributed by atoms with van der Waals surface area (Å²) < 4.78 is 36.0. The van der Waals surface area contributed by atoms with E-state index in [9.17, 15) is 22.8 Å². The van der Waals surface area contributed by atoms with Gasteiger partial charge in [0.15, 0.2) is 0 Å². The Morgan fingerprint density at radius 1 is 1.20 bits per heavy atom. The standard InChI is InChI=1S/C13H12F3NO3/c14-13(15,16)7-10(18)17-9-3-1-8(2-4-9)12(5-6-12)11(19)20/h1-4H,5-7H2,(H,17,18)(H,19,20). The summed E-state index contributed by atoms with van der Waals surface area (Å²) in [6.45, 7) is 0. The summed E-state index contributed by atoms with van der Waals surface area (Å²) in [6, 6.07) is 5.86. The van der Waals surface area contributed by atoms with Crippen molar-refractivity contribution in [2.45, 2.75) is 30.9 Å². The van der Waals surface area contributed by atoms with Gasteiger partial charge in [0.2, 0.25) is 5.91 Å². The number of alkyl halides is 3. The molecule has 2 N–H and O–H groups in total. The van der Waals surface area contributed by atoms with E-state index in [-0.39, 0.29) is 5.69 Å². The van der Waals surface area contributed by atoms with Crippen LogP contribution in [0.4, 0.5) is 18.9 Å². The number of anilines is 1. The number of hydrogen-bond donors (Lipinski definition) is 2. The minimum Gasteiger partial charge on any atom is -0.481 e. The van der Waals surface area contributed by atoms with Gasteiger partial charge in [-0.15, -0.1) is 0 Å². The molecule has 1 aromatic rings. The minimum atomic E-state index is -4.55. The van der Waals surface area contributed by atoms with Crippen molar-refractivity contribution in [1.82, 2.24) is 0 Å². The lowest BCUT2D eigenvalue weighted by atomic mass is 9.96. The van der Waals surface area contributed by atoms with Crippen molar-refractivity contribution < 1.29 is 27.9 Å². The molecule has 1 saturated carbocycles. The van der Waals surface area contributed by atoms with Gasteiger partial charge >= 0.3 is 12.1 Å². The largest absolute Gasteiger partial charge is 0.481 e. The Hall–Kier alpha value is -2.05. The molecule has 1 amide bonds. The predicted molar refractivity (Wildman–Crippen MR) is 64.3 cm³/mol. The summed E-state index contributed by atoms with van der Waals surface area (Å²) in [5, 5.41) is 11.2. The van der Waals surface area contributed by atoms with E-state index in [1.165, 1.54) is 24.3 Å². The molecule has 108 valence electrons. The topological polar surface area (TPSA) is 66.4 Å². The van der Waals surface area contributed by atoms with Crippen LogP contribution in [0.5, 0.6) is 0 Å². The van der Waals surface area contributed by atoms with Crippen LogP contribution in [-0.4, -0.2) is 23.2 Å². The van der Waals surface area contributed by atoms with Crippen molar-refractivity contribution in [3.8, 4) is 0 Å². The molecule has 1 aliphatic carbocycles. The lowest BCUT2D eigenvalue weighted by Crippen LogP contribution is -2.21.